The first-order valence-electron chi connectivity index (χ1n) is 6.48. The van der Waals surface area contributed by atoms with Crippen molar-refractivity contribution in [2.75, 3.05) is 26.4 Å². The van der Waals surface area contributed by atoms with Gasteiger partial charge >= 0.3 is 0 Å². The standard InChI is InChI=1S/C14H20BrNO2/c15-13-3-1-12(2-4-13)11-18-10-7-16-14-5-8-17-9-6-14/h1-4,14,16H,5-11H2. The van der Waals surface area contributed by atoms with Gasteiger partial charge in [0.15, 0.2) is 0 Å². The molecule has 0 spiro atoms. The second-order valence-corrected chi connectivity index (χ2v) is 5.44. The van der Waals surface area contributed by atoms with Crippen molar-refractivity contribution in [1.82, 2.24) is 5.32 Å². The van der Waals surface area contributed by atoms with E-state index in [0.29, 0.717) is 12.6 Å². The molecule has 1 aliphatic rings. The highest BCUT2D eigenvalue weighted by molar-refractivity contribution is 9.10. The monoisotopic (exact) mass is 313 g/mol. The fourth-order valence-corrected chi connectivity index (χ4v) is 2.27. The lowest BCUT2D eigenvalue weighted by Crippen LogP contribution is -2.36. The molecule has 1 aromatic rings. The molecule has 3 nitrogen and oxygen atoms in total. The Morgan fingerprint density at radius 2 is 1.94 bits per heavy atom. The van der Waals surface area contributed by atoms with Gasteiger partial charge in [-0.25, -0.2) is 0 Å². The van der Waals surface area contributed by atoms with Gasteiger partial charge in [-0.05, 0) is 30.5 Å². The topological polar surface area (TPSA) is 30.5 Å². The van der Waals surface area contributed by atoms with Crippen LogP contribution in [0.2, 0.25) is 0 Å². The van der Waals surface area contributed by atoms with E-state index in [9.17, 15) is 0 Å². The molecule has 0 bridgehead atoms. The lowest BCUT2D eigenvalue weighted by Gasteiger charge is -2.23. The van der Waals surface area contributed by atoms with Crippen LogP contribution < -0.4 is 5.32 Å². The molecule has 1 N–H and O–H groups in total. The van der Waals surface area contributed by atoms with E-state index in [2.05, 4.69) is 33.4 Å². The first-order valence-corrected chi connectivity index (χ1v) is 7.27. The first-order chi connectivity index (χ1) is 8.84. The summed E-state index contributed by atoms with van der Waals surface area (Å²) in [5.74, 6) is 0. The molecule has 1 fully saturated rings. The number of ether oxygens (including phenoxy) is 2. The zero-order chi connectivity index (χ0) is 12.6. The van der Waals surface area contributed by atoms with Crippen LogP contribution in [0, 0.1) is 0 Å². The minimum absolute atomic E-state index is 0.607. The fourth-order valence-electron chi connectivity index (χ4n) is 2.01. The summed E-state index contributed by atoms with van der Waals surface area (Å²) in [7, 11) is 0. The molecule has 4 heteroatoms. The molecule has 1 saturated heterocycles. The highest BCUT2D eigenvalue weighted by Gasteiger charge is 2.11. The lowest BCUT2D eigenvalue weighted by atomic mass is 10.1. The van der Waals surface area contributed by atoms with Gasteiger partial charge in [-0.2, -0.15) is 0 Å². The Labute approximate surface area is 117 Å². The maximum Gasteiger partial charge on any atom is 0.0717 e. The predicted molar refractivity (Wildman–Crippen MR) is 75.6 cm³/mol. The molecule has 1 aromatic carbocycles. The quantitative estimate of drug-likeness (QED) is 0.819. The zero-order valence-electron chi connectivity index (χ0n) is 10.5. The van der Waals surface area contributed by atoms with Crippen molar-refractivity contribution in [3.63, 3.8) is 0 Å². The van der Waals surface area contributed by atoms with Gasteiger partial charge in [-0.15, -0.1) is 0 Å². The van der Waals surface area contributed by atoms with E-state index in [-0.39, 0.29) is 0 Å². The highest BCUT2D eigenvalue weighted by atomic mass is 79.9. The van der Waals surface area contributed by atoms with Crippen LogP contribution in [0.3, 0.4) is 0 Å². The molecular weight excluding hydrogens is 294 g/mol. The van der Waals surface area contributed by atoms with E-state index in [1.807, 2.05) is 12.1 Å². The highest BCUT2D eigenvalue weighted by Crippen LogP contribution is 2.11. The SMILES string of the molecule is Brc1ccc(COCCNC2CCOCC2)cc1. The van der Waals surface area contributed by atoms with Gasteiger partial charge in [0.1, 0.15) is 0 Å². The van der Waals surface area contributed by atoms with Gasteiger partial charge < -0.3 is 14.8 Å². The summed E-state index contributed by atoms with van der Waals surface area (Å²) in [6.07, 6.45) is 2.24. The number of benzene rings is 1. The van der Waals surface area contributed by atoms with Crippen LogP contribution >= 0.6 is 15.9 Å². The van der Waals surface area contributed by atoms with Gasteiger partial charge in [0.25, 0.3) is 0 Å². The van der Waals surface area contributed by atoms with Crippen molar-refractivity contribution in [3.05, 3.63) is 34.3 Å². The van der Waals surface area contributed by atoms with E-state index in [0.717, 1.165) is 43.7 Å². The Balaban J connectivity index is 1.54. The smallest absolute Gasteiger partial charge is 0.0717 e. The minimum Gasteiger partial charge on any atom is -0.381 e. The van der Waals surface area contributed by atoms with Gasteiger partial charge in [0.2, 0.25) is 0 Å². The van der Waals surface area contributed by atoms with Crippen LogP contribution in [-0.4, -0.2) is 32.4 Å². The lowest BCUT2D eigenvalue weighted by molar-refractivity contribution is 0.0716. The molecular formula is C14H20BrNO2. The van der Waals surface area contributed by atoms with E-state index in [1.165, 1.54) is 5.56 Å². The molecule has 18 heavy (non-hydrogen) atoms. The summed E-state index contributed by atoms with van der Waals surface area (Å²) >= 11 is 3.42. The maximum atomic E-state index is 5.64. The molecule has 0 amide bonds. The van der Waals surface area contributed by atoms with E-state index >= 15 is 0 Å². The van der Waals surface area contributed by atoms with Crippen molar-refractivity contribution in [3.8, 4) is 0 Å². The Morgan fingerprint density at radius 1 is 1.22 bits per heavy atom. The second kappa shape index (κ2) is 7.89. The molecule has 0 unspecified atom stereocenters. The summed E-state index contributed by atoms with van der Waals surface area (Å²) in [5.41, 5.74) is 1.21. The second-order valence-electron chi connectivity index (χ2n) is 4.52. The molecule has 1 aliphatic heterocycles. The van der Waals surface area contributed by atoms with Gasteiger partial charge in [0, 0.05) is 30.3 Å². The number of rotatable bonds is 6. The summed E-state index contributed by atoms with van der Waals surface area (Å²) in [6, 6.07) is 8.85. The van der Waals surface area contributed by atoms with Crippen LogP contribution in [0.1, 0.15) is 18.4 Å². The summed E-state index contributed by atoms with van der Waals surface area (Å²) in [4.78, 5) is 0. The molecule has 0 aliphatic carbocycles. The van der Waals surface area contributed by atoms with Crippen molar-refractivity contribution >= 4 is 15.9 Å². The van der Waals surface area contributed by atoms with Crippen LogP contribution in [-0.2, 0) is 16.1 Å². The van der Waals surface area contributed by atoms with Crippen LogP contribution in [0.15, 0.2) is 28.7 Å². The van der Waals surface area contributed by atoms with Crippen LogP contribution in [0.4, 0.5) is 0 Å². The normalized spacial score (nSPS) is 16.9. The number of nitrogens with one attached hydrogen (secondary N) is 1. The van der Waals surface area contributed by atoms with Gasteiger partial charge in [-0.3, -0.25) is 0 Å². The fraction of sp³-hybridized carbons (Fsp3) is 0.571. The molecule has 0 atom stereocenters. The van der Waals surface area contributed by atoms with Crippen LogP contribution in [0.5, 0.6) is 0 Å². The number of hydrogen-bond acceptors (Lipinski definition) is 3. The molecule has 2 rings (SSSR count). The van der Waals surface area contributed by atoms with E-state index in [4.69, 9.17) is 9.47 Å². The van der Waals surface area contributed by atoms with E-state index < -0.39 is 0 Å². The maximum absolute atomic E-state index is 5.64. The van der Waals surface area contributed by atoms with Gasteiger partial charge in [0.05, 0.1) is 13.2 Å². The first kappa shape index (κ1) is 14.0. The number of hydrogen-bond donors (Lipinski definition) is 1. The average Bonchev–Trinajstić information content (AvgIpc) is 2.42. The molecule has 0 aromatic heterocycles. The van der Waals surface area contributed by atoms with Crippen molar-refractivity contribution < 1.29 is 9.47 Å². The Kier molecular flexibility index (Phi) is 6.14. The Bertz CT molecular complexity index is 336. The number of halogens is 1. The average molecular weight is 314 g/mol. The summed E-state index contributed by atoms with van der Waals surface area (Å²) in [5, 5.41) is 3.50. The van der Waals surface area contributed by atoms with Crippen molar-refractivity contribution in [1.29, 1.82) is 0 Å². The zero-order valence-corrected chi connectivity index (χ0v) is 12.1. The summed E-state index contributed by atoms with van der Waals surface area (Å²) in [6.45, 7) is 4.13. The van der Waals surface area contributed by atoms with Crippen molar-refractivity contribution in [2.24, 2.45) is 0 Å². The third-order valence-corrected chi connectivity index (χ3v) is 3.61. The van der Waals surface area contributed by atoms with Gasteiger partial charge in [-0.1, -0.05) is 28.1 Å². The molecule has 0 radical (unpaired) electrons. The Hall–Kier alpha value is -0.420. The summed E-state index contributed by atoms with van der Waals surface area (Å²) < 4.78 is 12.1. The minimum atomic E-state index is 0.607. The molecule has 100 valence electrons. The third kappa shape index (κ3) is 5.06. The Morgan fingerprint density at radius 3 is 2.67 bits per heavy atom. The third-order valence-electron chi connectivity index (χ3n) is 3.08. The largest absolute Gasteiger partial charge is 0.381 e. The van der Waals surface area contributed by atoms with E-state index in [1.54, 1.807) is 0 Å². The molecule has 1 heterocycles. The molecule has 0 saturated carbocycles. The predicted octanol–water partition coefficient (Wildman–Crippen LogP) is 2.73. The van der Waals surface area contributed by atoms with Crippen LogP contribution in [0.25, 0.3) is 0 Å². The van der Waals surface area contributed by atoms with Crippen molar-refractivity contribution in [2.45, 2.75) is 25.5 Å².